The molecule has 1 aromatic carbocycles. The number of hydrogen-bond acceptors (Lipinski definition) is 5. The number of nitrogens with zero attached hydrogens (tertiary/aromatic N) is 1. The highest BCUT2D eigenvalue weighted by Crippen LogP contribution is 2.32. The Hall–Kier alpha value is -2.28. The second-order valence-corrected chi connectivity index (χ2v) is 6.20. The molecule has 3 rings (SSSR count). The van der Waals surface area contributed by atoms with Gasteiger partial charge in [-0.15, -0.1) is 0 Å². The van der Waals surface area contributed by atoms with E-state index in [2.05, 4.69) is 5.32 Å². The lowest BCUT2D eigenvalue weighted by Gasteiger charge is -2.23. The van der Waals surface area contributed by atoms with Gasteiger partial charge in [-0.3, -0.25) is 9.59 Å². The van der Waals surface area contributed by atoms with Gasteiger partial charge in [0.25, 0.3) is 0 Å². The molecule has 0 unspecified atom stereocenters. The van der Waals surface area contributed by atoms with E-state index in [-0.39, 0.29) is 25.0 Å². The van der Waals surface area contributed by atoms with Crippen LogP contribution in [0.25, 0.3) is 0 Å². The average Bonchev–Trinajstić information content (AvgIpc) is 2.90. The van der Waals surface area contributed by atoms with Crippen LogP contribution in [0.15, 0.2) is 18.2 Å². The monoisotopic (exact) mass is 334 g/mol. The van der Waals surface area contributed by atoms with Crippen LogP contribution in [-0.4, -0.2) is 54.9 Å². The molecule has 0 spiro atoms. The molecule has 2 aliphatic heterocycles. The van der Waals surface area contributed by atoms with Gasteiger partial charge in [-0.2, -0.15) is 0 Å². The fourth-order valence-corrected chi connectivity index (χ4v) is 3.10. The van der Waals surface area contributed by atoms with Gasteiger partial charge in [0.05, 0.1) is 6.42 Å². The van der Waals surface area contributed by atoms with Gasteiger partial charge in [-0.05, 0) is 30.0 Å². The number of carboxylic acid groups (broad SMARTS) is 1. The highest BCUT2D eigenvalue weighted by Gasteiger charge is 2.23. The zero-order valence-corrected chi connectivity index (χ0v) is 13.5. The molecule has 0 aromatic heterocycles. The van der Waals surface area contributed by atoms with Gasteiger partial charge in [0.2, 0.25) is 12.7 Å². The number of carbonyl (C=O) groups excluding carboxylic acids is 1. The average molecular weight is 334 g/mol. The Morgan fingerprint density at radius 3 is 2.96 bits per heavy atom. The van der Waals surface area contributed by atoms with Crippen LogP contribution in [-0.2, 0) is 16.0 Å². The van der Waals surface area contributed by atoms with Crippen LogP contribution < -0.4 is 14.8 Å². The minimum atomic E-state index is -0.823. The summed E-state index contributed by atoms with van der Waals surface area (Å²) in [6, 6.07) is 5.71. The zero-order chi connectivity index (χ0) is 16.9. The van der Waals surface area contributed by atoms with E-state index in [1.807, 2.05) is 18.2 Å². The molecule has 0 radical (unpaired) electrons. The summed E-state index contributed by atoms with van der Waals surface area (Å²) in [5.41, 5.74) is 1.03. The zero-order valence-electron chi connectivity index (χ0n) is 13.5. The minimum Gasteiger partial charge on any atom is -0.481 e. The summed E-state index contributed by atoms with van der Waals surface area (Å²) < 4.78 is 10.6. The van der Waals surface area contributed by atoms with Gasteiger partial charge in [-0.25, -0.2) is 0 Å². The van der Waals surface area contributed by atoms with Crippen LogP contribution in [0.4, 0.5) is 0 Å². The highest BCUT2D eigenvalue weighted by molar-refractivity contribution is 5.76. The fraction of sp³-hybridized carbons (Fsp3) is 0.529. The Labute approximate surface area is 140 Å². The smallest absolute Gasteiger partial charge is 0.303 e. The SMILES string of the molecule is O=C(O)C[C@@H]1CNCCN(C(=O)CCc2ccc3c(c2)OCO3)C1. The number of hydrogen-bond donors (Lipinski definition) is 2. The van der Waals surface area contributed by atoms with Crippen LogP contribution in [0.3, 0.4) is 0 Å². The number of fused-ring (bicyclic) bond motifs is 1. The summed E-state index contributed by atoms with van der Waals surface area (Å²) in [4.78, 5) is 25.2. The molecule has 7 heteroatoms. The van der Waals surface area contributed by atoms with Gasteiger partial charge in [-0.1, -0.05) is 6.07 Å². The highest BCUT2D eigenvalue weighted by atomic mass is 16.7. The first-order valence-corrected chi connectivity index (χ1v) is 8.20. The maximum atomic E-state index is 12.5. The Morgan fingerprint density at radius 1 is 1.29 bits per heavy atom. The quantitative estimate of drug-likeness (QED) is 0.831. The lowest BCUT2D eigenvalue weighted by atomic mass is 10.0. The number of benzene rings is 1. The standard InChI is InChI=1S/C17H22N2O5/c20-16(19-6-5-18-9-13(10-19)8-17(21)22)4-2-12-1-3-14-15(7-12)24-11-23-14/h1,3,7,13,18H,2,4-6,8-11H2,(H,21,22)/t13-/m1/s1. The van der Waals surface area contributed by atoms with Crippen molar-refractivity contribution < 1.29 is 24.2 Å². The van der Waals surface area contributed by atoms with Crippen molar-refractivity contribution in [1.29, 1.82) is 0 Å². The predicted octanol–water partition coefficient (Wildman–Crippen LogP) is 0.871. The van der Waals surface area contributed by atoms with E-state index in [1.165, 1.54) is 0 Å². The Kier molecular flexibility index (Phi) is 5.20. The number of carbonyl (C=O) groups is 2. The van der Waals surface area contributed by atoms with Crippen LogP contribution in [0.5, 0.6) is 11.5 Å². The number of aryl methyl sites for hydroxylation is 1. The van der Waals surface area contributed by atoms with Crippen molar-refractivity contribution in [3.8, 4) is 11.5 Å². The Balaban J connectivity index is 1.54. The molecule has 0 bridgehead atoms. The summed E-state index contributed by atoms with van der Waals surface area (Å²) in [6.45, 7) is 2.70. The van der Waals surface area contributed by atoms with Gasteiger partial charge < -0.3 is 24.8 Å². The third kappa shape index (κ3) is 4.17. The van der Waals surface area contributed by atoms with E-state index < -0.39 is 5.97 Å². The molecule has 130 valence electrons. The summed E-state index contributed by atoms with van der Waals surface area (Å²) in [6.07, 6.45) is 1.11. The molecule has 2 N–H and O–H groups in total. The van der Waals surface area contributed by atoms with Gasteiger partial charge in [0, 0.05) is 32.6 Å². The van der Waals surface area contributed by atoms with Crippen LogP contribution in [0.2, 0.25) is 0 Å². The van der Waals surface area contributed by atoms with E-state index in [0.717, 1.165) is 17.1 Å². The minimum absolute atomic E-state index is 0.0421. The van der Waals surface area contributed by atoms with E-state index in [4.69, 9.17) is 14.6 Å². The molecule has 7 nitrogen and oxygen atoms in total. The summed E-state index contributed by atoms with van der Waals surface area (Å²) >= 11 is 0. The lowest BCUT2D eigenvalue weighted by molar-refractivity contribution is -0.139. The molecule has 2 heterocycles. The molecule has 0 aliphatic carbocycles. The number of rotatable bonds is 5. The van der Waals surface area contributed by atoms with Crippen molar-refractivity contribution in [2.24, 2.45) is 5.92 Å². The molecule has 1 saturated heterocycles. The van der Waals surface area contributed by atoms with Crippen molar-refractivity contribution >= 4 is 11.9 Å². The van der Waals surface area contributed by atoms with Crippen LogP contribution >= 0.6 is 0 Å². The fourth-order valence-electron chi connectivity index (χ4n) is 3.10. The molecular formula is C17H22N2O5. The van der Waals surface area contributed by atoms with Crippen LogP contribution in [0, 0.1) is 5.92 Å². The van der Waals surface area contributed by atoms with E-state index in [9.17, 15) is 9.59 Å². The molecular weight excluding hydrogens is 312 g/mol. The predicted molar refractivity (Wildman–Crippen MR) is 86.1 cm³/mol. The number of aliphatic carboxylic acids is 1. The molecule has 1 atom stereocenters. The van der Waals surface area contributed by atoms with E-state index in [1.54, 1.807) is 4.90 Å². The Bertz CT molecular complexity index is 619. The molecule has 24 heavy (non-hydrogen) atoms. The first-order valence-electron chi connectivity index (χ1n) is 8.20. The third-order valence-electron chi connectivity index (χ3n) is 4.35. The van der Waals surface area contributed by atoms with Gasteiger partial charge in [0.15, 0.2) is 11.5 Å². The summed E-state index contributed by atoms with van der Waals surface area (Å²) in [5, 5.41) is 12.2. The van der Waals surface area contributed by atoms with E-state index >= 15 is 0 Å². The number of amides is 1. The normalized spacial score (nSPS) is 19.8. The Morgan fingerprint density at radius 2 is 2.12 bits per heavy atom. The van der Waals surface area contributed by atoms with Crippen molar-refractivity contribution in [3.63, 3.8) is 0 Å². The number of carboxylic acids is 1. The molecule has 1 amide bonds. The largest absolute Gasteiger partial charge is 0.481 e. The van der Waals surface area contributed by atoms with Crippen molar-refractivity contribution in [2.75, 3.05) is 33.0 Å². The van der Waals surface area contributed by atoms with Crippen molar-refractivity contribution in [1.82, 2.24) is 10.2 Å². The first kappa shape index (κ1) is 16.6. The second-order valence-electron chi connectivity index (χ2n) is 6.20. The number of nitrogens with one attached hydrogen (secondary N) is 1. The maximum Gasteiger partial charge on any atom is 0.303 e. The maximum absolute atomic E-state index is 12.5. The molecule has 1 aromatic rings. The first-order chi connectivity index (χ1) is 11.6. The van der Waals surface area contributed by atoms with Gasteiger partial charge >= 0.3 is 5.97 Å². The summed E-state index contributed by atoms with van der Waals surface area (Å²) in [7, 11) is 0. The molecule has 0 saturated carbocycles. The summed E-state index contributed by atoms with van der Waals surface area (Å²) in [5.74, 6) is 0.656. The molecule has 1 fully saturated rings. The van der Waals surface area contributed by atoms with Crippen molar-refractivity contribution in [3.05, 3.63) is 23.8 Å². The van der Waals surface area contributed by atoms with E-state index in [0.29, 0.717) is 39.0 Å². The second kappa shape index (κ2) is 7.53. The lowest BCUT2D eigenvalue weighted by Crippen LogP contribution is -2.36. The van der Waals surface area contributed by atoms with Gasteiger partial charge in [0.1, 0.15) is 0 Å². The number of ether oxygens (including phenoxy) is 2. The van der Waals surface area contributed by atoms with Crippen molar-refractivity contribution in [2.45, 2.75) is 19.3 Å². The molecule has 2 aliphatic rings. The topological polar surface area (TPSA) is 88.1 Å². The third-order valence-corrected chi connectivity index (χ3v) is 4.35. The van der Waals surface area contributed by atoms with Crippen LogP contribution in [0.1, 0.15) is 18.4 Å².